The molecular formula is C16H16BrFO. The Morgan fingerprint density at radius 3 is 2.68 bits per heavy atom. The van der Waals surface area contributed by atoms with Gasteiger partial charge in [-0.3, -0.25) is 0 Å². The minimum Gasteiger partial charge on any atom is -0.497 e. The Bertz CT molecular complexity index is 568. The zero-order valence-electron chi connectivity index (χ0n) is 11.0. The molecule has 0 saturated carbocycles. The van der Waals surface area contributed by atoms with Crippen LogP contribution < -0.4 is 4.74 Å². The van der Waals surface area contributed by atoms with Crippen molar-refractivity contribution in [1.82, 2.24) is 0 Å². The molecular weight excluding hydrogens is 307 g/mol. The Labute approximate surface area is 121 Å². The lowest BCUT2D eigenvalue weighted by atomic mass is 10.0. The summed E-state index contributed by atoms with van der Waals surface area (Å²) in [7, 11) is 1.65. The van der Waals surface area contributed by atoms with Gasteiger partial charge in [0.15, 0.2) is 0 Å². The molecule has 0 aromatic heterocycles. The van der Waals surface area contributed by atoms with Gasteiger partial charge in [-0.25, -0.2) is 4.39 Å². The van der Waals surface area contributed by atoms with Gasteiger partial charge in [0.2, 0.25) is 0 Å². The van der Waals surface area contributed by atoms with Gasteiger partial charge in [-0.05, 0) is 48.2 Å². The molecule has 0 spiro atoms. The van der Waals surface area contributed by atoms with E-state index >= 15 is 0 Å². The molecule has 3 heteroatoms. The third kappa shape index (κ3) is 3.57. The number of aryl methyl sites for hydroxylation is 1. The summed E-state index contributed by atoms with van der Waals surface area (Å²) in [5.41, 5.74) is 2.78. The molecule has 0 fully saturated rings. The van der Waals surface area contributed by atoms with Crippen LogP contribution in [0.15, 0.2) is 42.5 Å². The highest BCUT2D eigenvalue weighted by atomic mass is 79.9. The van der Waals surface area contributed by atoms with E-state index in [4.69, 9.17) is 4.74 Å². The molecule has 0 radical (unpaired) electrons. The van der Waals surface area contributed by atoms with E-state index in [-0.39, 0.29) is 10.6 Å². The van der Waals surface area contributed by atoms with Crippen LogP contribution >= 0.6 is 15.9 Å². The molecule has 2 rings (SSSR count). The largest absolute Gasteiger partial charge is 0.497 e. The van der Waals surface area contributed by atoms with Gasteiger partial charge in [0.05, 0.1) is 7.11 Å². The zero-order chi connectivity index (χ0) is 13.8. The highest BCUT2D eigenvalue weighted by Crippen LogP contribution is 2.29. The number of benzene rings is 2. The van der Waals surface area contributed by atoms with Gasteiger partial charge >= 0.3 is 0 Å². The number of halogens is 2. The van der Waals surface area contributed by atoms with E-state index in [2.05, 4.69) is 15.9 Å². The number of hydrogen-bond acceptors (Lipinski definition) is 1. The van der Waals surface area contributed by atoms with Crippen molar-refractivity contribution in [2.45, 2.75) is 18.2 Å². The van der Waals surface area contributed by atoms with Gasteiger partial charge in [-0.15, -0.1) is 0 Å². The Kier molecular flexibility index (Phi) is 4.59. The Morgan fingerprint density at radius 1 is 1.21 bits per heavy atom. The van der Waals surface area contributed by atoms with Gasteiger partial charge < -0.3 is 4.74 Å². The Balaban J connectivity index is 2.15. The molecule has 1 atom stereocenters. The van der Waals surface area contributed by atoms with Gasteiger partial charge in [0.25, 0.3) is 0 Å². The summed E-state index contributed by atoms with van der Waals surface area (Å²) in [6, 6.07) is 13.3. The van der Waals surface area contributed by atoms with Crippen LogP contribution in [-0.2, 0) is 6.42 Å². The first-order valence-electron chi connectivity index (χ1n) is 6.13. The number of alkyl halides is 1. The molecule has 0 aliphatic heterocycles. The third-order valence-electron chi connectivity index (χ3n) is 3.11. The van der Waals surface area contributed by atoms with Crippen LogP contribution in [0.2, 0.25) is 0 Å². The van der Waals surface area contributed by atoms with E-state index in [0.29, 0.717) is 5.56 Å². The monoisotopic (exact) mass is 322 g/mol. The second-order valence-corrected chi connectivity index (χ2v) is 5.64. The number of rotatable bonds is 4. The normalized spacial score (nSPS) is 12.2. The Hall–Kier alpha value is -1.35. The average molecular weight is 323 g/mol. The fraction of sp³-hybridized carbons (Fsp3) is 0.250. The number of ether oxygens (including phenoxy) is 1. The fourth-order valence-corrected chi connectivity index (χ4v) is 2.59. The van der Waals surface area contributed by atoms with Crippen LogP contribution in [0.25, 0.3) is 0 Å². The summed E-state index contributed by atoms with van der Waals surface area (Å²) >= 11 is 3.62. The lowest BCUT2D eigenvalue weighted by Crippen LogP contribution is -1.97. The van der Waals surface area contributed by atoms with Crippen LogP contribution in [0.3, 0.4) is 0 Å². The summed E-state index contributed by atoms with van der Waals surface area (Å²) in [5.74, 6) is 0.680. The zero-order valence-corrected chi connectivity index (χ0v) is 12.6. The predicted octanol–water partition coefficient (Wildman–Crippen LogP) is 4.82. The minimum absolute atomic E-state index is 0.0923. The van der Waals surface area contributed by atoms with Crippen LogP contribution in [0.5, 0.6) is 5.75 Å². The van der Waals surface area contributed by atoms with Crippen molar-refractivity contribution in [3.63, 3.8) is 0 Å². The standard InChI is InChI=1S/C16H16BrFO/c1-11-6-7-13(10-16(11)18)15(17)9-12-4-3-5-14(8-12)19-2/h3-8,10,15H,9H2,1-2H3. The van der Waals surface area contributed by atoms with Crippen molar-refractivity contribution in [1.29, 1.82) is 0 Å². The van der Waals surface area contributed by atoms with Crippen molar-refractivity contribution in [3.05, 3.63) is 65.0 Å². The van der Waals surface area contributed by atoms with E-state index in [1.54, 1.807) is 20.1 Å². The fourth-order valence-electron chi connectivity index (χ4n) is 1.93. The van der Waals surface area contributed by atoms with Gasteiger partial charge in [0, 0.05) is 4.83 Å². The summed E-state index contributed by atoms with van der Waals surface area (Å²) in [6.07, 6.45) is 0.791. The van der Waals surface area contributed by atoms with E-state index in [1.165, 1.54) is 0 Å². The predicted molar refractivity (Wildman–Crippen MR) is 79.5 cm³/mol. The van der Waals surface area contributed by atoms with Crippen LogP contribution in [0, 0.1) is 12.7 Å². The van der Waals surface area contributed by atoms with Crippen molar-refractivity contribution < 1.29 is 9.13 Å². The molecule has 0 aliphatic carbocycles. The molecule has 19 heavy (non-hydrogen) atoms. The molecule has 2 aromatic rings. The van der Waals surface area contributed by atoms with Crippen LogP contribution in [-0.4, -0.2) is 7.11 Å². The van der Waals surface area contributed by atoms with Gasteiger partial charge in [-0.2, -0.15) is 0 Å². The van der Waals surface area contributed by atoms with Crippen LogP contribution in [0.4, 0.5) is 4.39 Å². The molecule has 0 saturated heterocycles. The highest BCUT2D eigenvalue weighted by molar-refractivity contribution is 9.09. The SMILES string of the molecule is COc1cccc(CC(Br)c2ccc(C)c(F)c2)c1. The molecule has 100 valence electrons. The van der Waals surface area contributed by atoms with Crippen LogP contribution in [0.1, 0.15) is 21.5 Å². The molecule has 0 N–H and O–H groups in total. The smallest absolute Gasteiger partial charge is 0.126 e. The van der Waals surface area contributed by atoms with E-state index < -0.39 is 0 Å². The maximum Gasteiger partial charge on any atom is 0.126 e. The summed E-state index contributed by atoms with van der Waals surface area (Å²) < 4.78 is 18.8. The average Bonchev–Trinajstić information content (AvgIpc) is 2.42. The van der Waals surface area contributed by atoms with Gasteiger partial charge in [-0.1, -0.05) is 40.2 Å². The molecule has 0 aliphatic rings. The molecule has 1 nitrogen and oxygen atoms in total. The molecule has 0 heterocycles. The Morgan fingerprint density at radius 2 is 2.00 bits per heavy atom. The summed E-state index contributed by atoms with van der Waals surface area (Å²) in [6.45, 7) is 1.77. The lowest BCUT2D eigenvalue weighted by Gasteiger charge is -2.12. The van der Waals surface area contributed by atoms with Crippen molar-refractivity contribution >= 4 is 15.9 Å². The molecule has 1 unspecified atom stereocenters. The second-order valence-electron chi connectivity index (χ2n) is 4.53. The molecule has 0 amide bonds. The lowest BCUT2D eigenvalue weighted by molar-refractivity contribution is 0.414. The van der Waals surface area contributed by atoms with E-state index in [1.807, 2.05) is 36.4 Å². The van der Waals surface area contributed by atoms with Crippen molar-refractivity contribution in [2.24, 2.45) is 0 Å². The van der Waals surface area contributed by atoms with E-state index in [0.717, 1.165) is 23.3 Å². The number of hydrogen-bond donors (Lipinski definition) is 0. The third-order valence-corrected chi connectivity index (χ3v) is 3.96. The summed E-state index contributed by atoms with van der Waals surface area (Å²) in [4.78, 5) is 0.0923. The molecule has 2 aromatic carbocycles. The topological polar surface area (TPSA) is 9.23 Å². The number of methoxy groups -OCH3 is 1. The minimum atomic E-state index is -0.160. The first-order chi connectivity index (χ1) is 9.10. The second kappa shape index (κ2) is 6.20. The first-order valence-corrected chi connectivity index (χ1v) is 7.05. The van der Waals surface area contributed by atoms with Crippen molar-refractivity contribution in [3.8, 4) is 5.75 Å². The maximum atomic E-state index is 13.6. The summed E-state index contributed by atoms with van der Waals surface area (Å²) in [5, 5.41) is 0. The maximum absolute atomic E-state index is 13.6. The van der Waals surface area contributed by atoms with Gasteiger partial charge in [0.1, 0.15) is 11.6 Å². The van der Waals surface area contributed by atoms with E-state index in [9.17, 15) is 4.39 Å². The first kappa shape index (κ1) is 14.1. The highest BCUT2D eigenvalue weighted by Gasteiger charge is 2.11. The quantitative estimate of drug-likeness (QED) is 0.733. The van der Waals surface area contributed by atoms with Crippen molar-refractivity contribution in [2.75, 3.05) is 7.11 Å². The molecule has 0 bridgehead atoms.